The fraction of sp³-hybridized carbons (Fsp3) is 0.450. The summed E-state index contributed by atoms with van der Waals surface area (Å²) < 4.78 is 0. The van der Waals surface area contributed by atoms with Crippen LogP contribution in [0.5, 0.6) is 0 Å². The van der Waals surface area contributed by atoms with Crippen molar-refractivity contribution >= 4 is 17.2 Å². The molecule has 0 spiro atoms. The minimum Gasteiger partial charge on any atom is -0.330 e. The predicted molar refractivity (Wildman–Crippen MR) is 100 cm³/mol. The number of hydrogen-bond acceptors (Lipinski definition) is 3. The summed E-state index contributed by atoms with van der Waals surface area (Å²) in [6.07, 6.45) is 0.964. The Morgan fingerprint density at radius 2 is 2.08 bits per heavy atom. The molecule has 1 amide bonds. The Hall–Kier alpha value is -1.65. The molecule has 0 fully saturated rings. The van der Waals surface area contributed by atoms with Gasteiger partial charge in [0.25, 0.3) is 0 Å². The molecular formula is C20H26N2OS. The second kappa shape index (κ2) is 7.49. The van der Waals surface area contributed by atoms with Gasteiger partial charge in [-0.2, -0.15) is 0 Å². The maximum Gasteiger partial charge on any atom is 0.237 e. The topological polar surface area (TPSA) is 32.3 Å². The number of benzene rings is 1. The van der Waals surface area contributed by atoms with Gasteiger partial charge in [0, 0.05) is 11.4 Å². The SMILES string of the molecule is Cc1ccccc1C1c2ccsc2CCN1C(=O)CNCC(C)C. The highest BCUT2D eigenvalue weighted by Crippen LogP contribution is 2.38. The van der Waals surface area contributed by atoms with Gasteiger partial charge in [-0.15, -0.1) is 11.3 Å². The largest absolute Gasteiger partial charge is 0.330 e. The van der Waals surface area contributed by atoms with Crippen LogP contribution in [0.2, 0.25) is 0 Å². The van der Waals surface area contributed by atoms with Crippen LogP contribution >= 0.6 is 11.3 Å². The van der Waals surface area contributed by atoms with Crippen LogP contribution in [0, 0.1) is 12.8 Å². The van der Waals surface area contributed by atoms with E-state index in [2.05, 4.69) is 66.7 Å². The second-order valence-corrected chi connectivity index (χ2v) is 7.92. The first-order chi connectivity index (χ1) is 11.6. The molecule has 4 heteroatoms. The molecule has 0 saturated heterocycles. The fourth-order valence-electron chi connectivity index (χ4n) is 3.38. The van der Waals surface area contributed by atoms with Crippen molar-refractivity contribution in [2.75, 3.05) is 19.6 Å². The van der Waals surface area contributed by atoms with Crippen molar-refractivity contribution in [1.29, 1.82) is 0 Å². The zero-order valence-electron chi connectivity index (χ0n) is 14.7. The third-order valence-corrected chi connectivity index (χ3v) is 5.59. The van der Waals surface area contributed by atoms with Gasteiger partial charge in [0.15, 0.2) is 0 Å². The van der Waals surface area contributed by atoms with Crippen LogP contribution in [0.4, 0.5) is 0 Å². The van der Waals surface area contributed by atoms with Crippen molar-refractivity contribution in [2.45, 2.75) is 33.2 Å². The van der Waals surface area contributed by atoms with E-state index in [1.165, 1.54) is 21.6 Å². The van der Waals surface area contributed by atoms with Gasteiger partial charge < -0.3 is 10.2 Å². The van der Waals surface area contributed by atoms with Gasteiger partial charge >= 0.3 is 0 Å². The molecule has 1 aliphatic rings. The van der Waals surface area contributed by atoms with Crippen LogP contribution < -0.4 is 5.32 Å². The zero-order valence-corrected chi connectivity index (χ0v) is 15.5. The van der Waals surface area contributed by atoms with Crippen LogP contribution in [0.15, 0.2) is 35.7 Å². The van der Waals surface area contributed by atoms with Crippen molar-refractivity contribution in [3.05, 3.63) is 57.3 Å². The zero-order chi connectivity index (χ0) is 17.1. The second-order valence-electron chi connectivity index (χ2n) is 6.92. The summed E-state index contributed by atoms with van der Waals surface area (Å²) in [6.45, 7) is 8.54. The number of thiophene rings is 1. The number of carbonyl (C=O) groups excluding carboxylic acids is 1. The Bertz CT molecular complexity index is 707. The van der Waals surface area contributed by atoms with Gasteiger partial charge in [0.05, 0.1) is 12.6 Å². The summed E-state index contributed by atoms with van der Waals surface area (Å²) >= 11 is 1.81. The average molecular weight is 343 g/mol. The Morgan fingerprint density at radius 3 is 2.83 bits per heavy atom. The van der Waals surface area contributed by atoms with Gasteiger partial charge in [-0.3, -0.25) is 4.79 Å². The molecule has 1 aliphatic heterocycles. The molecule has 1 N–H and O–H groups in total. The molecule has 0 bridgehead atoms. The van der Waals surface area contributed by atoms with Crippen molar-refractivity contribution < 1.29 is 4.79 Å². The van der Waals surface area contributed by atoms with E-state index < -0.39 is 0 Å². The first-order valence-electron chi connectivity index (χ1n) is 8.70. The molecule has 1 atom stereocenters. The Balaban J connectivity index is 1.88. The molecule has 2 aromatic rings. The summed E-state index contributed by atoms with van der Waals surface area (Å²) in [4.78, 5) is 16.4. The maximum atomic E-state index is 12.9. The third kappa shape index (κ3) is 3.55. The minimum absolute atomic E-state index is 0.0505. The Morgan fingerprint density at radius 1 is 1.29 bits per heavy atom. The Labute approximate surface area is 148 Å². The molecule has 3 rings (SSSR count). The number of fused-ring (bicyclic) bond motifs is 1. The monoisotopic (exact) mass is 342 g/mol. The molecule has 1 unspecified atom stereocenters. The van der Waals surface area contributed by atoms with E-state index in [-0.39, 0.29) is 11.9 Å². The quantitative estimate of drug-likeness (QED) is 0.897. The number of amides is 1. The molecule has 3 nitrogen and oxygen atoms in total. The molecule has 0 saturated carbocycles. The third-order valence-electron chi connectivity index (χ3n) is 4.60. The summed E-state index contributed by atoms with van der Waals surface area (Å²) in [5, 5.41) is 5.45. The van der Waals surface area contributed by atoms with Crippen molar-refractivity contribution in [1.82, 2.24) is 10.2 Å². The Kier molecular flexibility index (Phi) is 5.36. The minimum atomic E-state index is 0.0505. The number of carbonyl (C=O) groups is 1. The van der Waals surface area contributed by atoms with E-state index in [1.807, 2.05) is 11.3 Å². The standard InChI is InChI=1S/C20H26N2OS/c1-14(2)12-21-13-19(23)22-10-8-18-17(9-11-24-18)20(22)16-7-5-4-6-15(16)3/h4-7,9,11,14,20-21H,8,10,12-13H2,1-3H3. The summed E-state index contributed by atoms with van der Waals surface area (Å²) in [5.74, 6) is 0.746. The van der Waals surface area contributed by atoms with Crippen LogP contribution in [0.25, 0.3) is 0 Å². The molecule has 0 radical (unpaired) electrons. The van der Waals surface area contributed by atoms with Gasteiger partial charge in [0.1, 0.15) is 0 Å². The van der Waals surface area contributed by atoms with E-state index in [0.29, 0.717) is 12.5 Å². The van der Waals surface area contributed by atoms with Crippen LogP contribution in [0.3, 0.4) is 0 Å². The van der Waals surface area contributed by atoms with Gasteiger partial charge in [-0.25, -0.2) is 0 Å². The smallest absolute Gasteiger partial charge is 0.237 e. The van der Waals surface area contributed by atoms with Crippen LogP contribution in [-0.4, -0.2) is 30.4 Å². The molecule has 1 aromatic carbocycles. The highest BCUT2D eigenvalue weighted by Gasteiger charge is 2.33. The molecular weight excluding hydrogens is 316 g/mol. The van der Waals surface area contributed by atoms with Crippen LogP contribution in [0.1, 0.15) is 41.5 Å². The highest BCUT2D eigenvalue weighted by atomic mass is 32.1. The van der Waals surface area contributed by atoms with E-state index >= 15 is 0 Å². The van der Waals surface area contributed by atoms with E-state index in [0.717, 1.165) is 19.5 Å². The number of nitrogens with one attached hydrogen (secondary N) is 1. The summed E-state index contributed by atoms with van der Waals surface area (Å²) in [7, 11) is 0. The lowest BCUT2D eigenvalue weighted by molar-refractivity contribution is -0.132. The van der Waals surface area contributed by atoms with E-state index in [1.54, 1.807) is 0 Å². The number of hydrogen-bond donors (Lipinski definition) is 1. The predicted octanol–water partition coefficient (Wildman–Crippen LogP) is 3.78. The van der Waals surface area contributed by atoms with Gasteiger partial charge in [-0.1, -0.05) is 38.1 Å². The molecule has 2 heterocycles. The lowest BCUT2D eigenvalue weighted by Gasteiger charge is -2.37. The van der Waals surface area contributed by atoms with Crippen molar-refractivity contribution in [2.24, 2.45) is 5.92 Å². The van der Waals surface area contributed by atoms with Gasteiger partial charge in [0.2, 0.25) is 5.91 Å². The lowest BCUT2D eigenvalue weighted by atomic mass is 9.90. The summed E-state index contributed by atoms with van der Waals surface area (Å²) in [5.41, 5.74) is 3.79. The molecule has 1 aromatic heterocycles. The number of rotatable bonds is 5. The van der Waals surface area contributed by atoms with Crippen molar-refractivity contribution in [3.8, 4) is 0 Å². The first kappa shape index (κ1) is 17.2. The normalized spacial score (nSPS) is 17.2. The fourth-order valence-corrected chi connectivity index (χ4v) is 4.29. The van der Waals surface area contributed by atoms with Crippen LogP contribution in [-0.2, 0) is 11.2 Å². The first-order valence-corrected chi connectivity index (χ1v) is 9.58. The van der Waals surface area contributed by atoms with Crippen molar-refractivity contribution in [3.63, 3.8) is 0 Å². The molecule has 0 aliphatic carbocycles. The lowest BCUT2D eigenvalue weighted by Crippen LogP contribution is -2.44. The highest BCUT2D eigenvalue weighted by molar-refractivity contribution is 7.10. The molecule has 24 heavy (non-hydrogen) atoms. The molecule has 128 valence electrons. The van der Waals surface area contributed by atoms with Gasteiger partial charge in [-0.05, 0) is 53.9 Å². The number of aryl methyl sites for hydroxylation is 1. The average Bonchev–Trinajstić information content (AvgIpc) is 3.02. The maximum absolute atomic E-state index is 12.9. The summed E-state index contributed by atoms with van der Waals surface area (Å²) in [6, 6.07) is 10.7. The van der Waals surface area contributed by atoms with E-state index in [4.69, 9.17) is 0 Å². The van der Waals surface area contributed by atoms with E-state index in [9.17, 15) is 4.79 Å². The number of nitrogens with zero attached hydrogens (tertiary/aromatic N) is 1.